The molecule has 1 saturated carbocycles. The SMILES string of the molecule is CCOC(=O)C1(c2nncn2-c2ccccc2)CC1. The Morgan fingerprint density at radius 2 is 2.11 bits per heavy atom. The van der Waals surface area contributed by atoms with Gasteiger partial charge >= 0.3 is 5.97 Å². The van der Waals surface area contributed by atoms with Crippen molar-refractivity contribution < 1.29 is 9.53 Å². The lowest BCUT2D eigenvalue weighted by Gasteiger charge is -2.14. The molecule has 0 saturated heterocycles. The van der Waals surface area contributed by atoms with Crippen LogP contribution in [-0.2, 0) is 14.9 Å². The fourth-order valence-electron chi connectivity index (χ4n) is 2.25. The Labute approximate surface area is 111 Å². The Morgan fingerprint density at radius 1 is 1.37 bits per heavy atom. The number of aromatic nitrogens is 3. The van der Waals surface area contributed by atoms with Gasteiger partial charge in [-0.2, -0.15) is 0 Å². The van der Waals surface area contributed by atoms with Gasteiger partial charge in [0.05, 0.1) is 6.61 Å². The first-order chi connectivity index (χ1) is 9.28. The number of benzene rings is 1. The van der Waals surface area contributed by atoms with Gasteiger partial charge in [-0.25, -0.2) is 0 Å². The third-order valence-electron chi connectivity index (χ3n) is 3.43. The molecule has 0 bridgehead atoms. The van der Waals surface area contributed by atoms with Crippen molar-refractivity contribution in [1.29, 1.82) is 0 Å². The van der Waals surface area contributed by atoms with Crippen LogP contribution in [0.15, 0.2) is 36.7 Å². The van der Waals surface area contributed by atoms with Gasteiger partial charge in [-0.1, -0.05) is 18.2 Å². The van der Waals surface area contributed by atoms with Crippen molar-refractivity contribution in [3.05, 3.63) is 42.5 Å². The largest absolute Gasteiger partial charge is 0.465 e. The fraction of sp³-hybridized carbons (Fsp3) is 0.357. The highest BCUT2D eigenvalue weighted by molar-refractivity contribution is 5.85. The molecule has 0 atom stereocenters. The van der Waals surface area contributed by atoms with Crippen molar-refractivity contribution in [2.75, 3.05) is 6.61 Å². The van der Waals surface area contributed by atoms with Crippen molar-refractivity contribution in [2.24, 2.45) is 0 Å². The van der Waals surface area contributed by atoms with Crippen LogP contribution >= 0.6 is 0 Å². The molecule has 1 fully saturated rings. The zero-order valence-electron chi connectivity index (χ0n) is 10.7. The second-order valence-electron chi connectivity index (χ2n) is 4.66. The summed E-state index contributed by atoms with van der Waals surface area (Å²) in [6.45, 7) is 2.20. The molecule has 1 aromatic heterocycles. The van der Waals surface area contributed by atoms with Gasteiger partial charge in [-0.3, -0.25) is 9.36 Å². The maximum atomic E-state index is 12.1. The van der Waals surface area contributed by atoms with Crippen LogP contribution in [0.4, 0.5) is 0 Å². The summed E-state index contributed by atoms with van der Waals surface area (Å²) in [5.41, 5.74) is 0.362. The number of esters is 1. The average molecular weight is 257 g/mol. The Morgan fingerprint density at radius 3 is 2.74 bits per heavy atom. The highest BCUT2D eigenvalue weighted by Crippen LogP contribution is 2.48. The molecule has 5 heteroatoms. The van der Waals surface area contributed by atoms with Crippen molar-refractivity contribution in [3.8, 4) is 5.69 Å². The van der Waals surface area contributed by atoms with Crippen LogP contribution in [-0.4, -0.2) is 27.3 Å². The molecule has 0 radical (unpaired) electrons. The van der Waals surface area contributed by atoms with Crippen LogP contribution in [0.25, 0.3) is 5.69 Å². The van der Waals surface area contributed by atoms with Gasteiger partial charge in [0.1, 0.15) is 11.7 Å². The maximum Gasteiger partial charge on any atom is 0.319 e. The fourth-order valence-corrected chi connectivity index (χ4v) is 2.25. The Kier molecular flexibility index (Phi) is 2.81. The number of carbonyl (C=O) groups excluding carboxylic acids is 1. The Hall–Kier alpha value is -2.17. The number of para-hydroxylation sites is 1. The molecule has 1 aliphatic rings. The molecule has 19 heavy (non-hydrogen) atoms. The average Bonchev–Trinajstić information content (AvgIpc) is 3.11. The molecule has 0 unspecified atom stereocenters. The quantitative estimate of drug-likeness (QED) is 0.784. The number of hydrogen-bond donors (Lipinski definition) is 0. The van der Waals surface area contributed by atoms with Gasteiger partial charge in [0.15, 0.2) is 5.82 Å². The van der Waals surface area contributed by atoms with Crippen molar-refractivity contribution in [1.82, 2.24) is 14.8 Å². The molecule has 1 heterocycles. The minimum Gasteiger partial charge on any atom is -0.465 e. The first-order valence-corrected chi connectivity index (χ1v) is 6.41. The summed E-state index contributed by atoms with van der Waals surface area (Å²) < 4.78 is 7.03. The Balaban J connectivity index is 2.00. The number of rotatable bonds is 4. The van der Waals surface area contributed by atoms with E-state index in [4.69, 9.17) is 4.74 Å². The zero-order chi connectivity index (χ0) is 13.3. The van der Waals surface area contributed by atoms with Gasteiger partial charge in [-0.05, 0) is 31.9 Å². The summed E-state index contributed by atoms with van der Waals surface area (Å²) in [4.78, 5) is 12.1. The molecular weight excluding hydrogens is 242 g/mol. The lowest BCUT2D eigenvalue weighted by Crippen LogP contribution is -2.26. The van der Waals surface area contributed by atoms with E-state index in [0.717, 1.165) is 18.5 Å². The van der Waals surface area contributed by atoms with E-state index in [-0.39, 0.29) is 5.97 Å². The lowest BCUT2D eigenvalue weighted by molar-refractivity contribution is -0.146. The van der Waals surface area contributed by atoms with Crippen LogP contribution in [0.2, 0.25) is 0 Å². The van der Waals surface area contributed by atoms with E-state index in [2.05, 4.69) is 10.2 Å². The summed E-state index contributed by atoms with van der Waals surface area (Å²) in [7, 11) is 0. The van der Waals surface area contributed by atoms with E-state index in [0.29, 0.717) is 12.4 Å². The second-order valence-corrected chi connectivity index (χ2v) is 4.66. The lowest BCUT2D eigenvalue weighted by atomic mass is 10.1. The smallest absolute Gasteiger partial charge is 0.319 e. The third kappa shape index (κ3) is 1.91. The normalized spacial score (nSPS) is 16.1. The highest BCUT2D eigenvalue weighted by Gasteiger charge is 2.56. The molecule has 1 aromatic carbocycles. The summed E-state index contributed by atoms with van der Waals surface area (Å²) in [6.07, 6.45) is 3.19. The van der Waals surface area contributed by atoms with Crippen molar-refractivity contribution >= 4 is 5.97 Å². The van der Waals surface area contributed by atoms with Gasteiger partial charge in [0.2, 0.25) is 0 Å². The predicted molar refractivity (Wildman–Crippen MR) is 68.9 cm³/mol. The van der Waals surface area contributed by atoms with Gasteiger partial charge in [-0.15, -0.1) is 10.2 Å². The first kappa shape index (κ1) is 11.9. The molecule has 0 aliphatic heterocycles. The molecule has 2 aromatic rings. The summed E-state index contributed by atoms with van der Waals surface area (Å²) in [5.74, 6) is 0.484. The van der Waals surface area contributed by atoms with E-state index < -0.39 is 5.41 Å². The number of nitrogens with zero attached hydrogens (tertiary/aromatic N) is 3. The van der Waals surface area contributed by atoms with Gasteiger partial charge in [0.25, 0.3) is 0 Å². The van der Waals surface area contributed by atoms with E-state index >= 15 is 0 Å². The number of carbonyl (C=O) groups is 1. The minimum atomic E-state index is -0.595. The van der Waals surface area contributed by atoms with E-state index in [1.807, 2.05) is 41.8 Å². The standard InChI is InChI=1S/C14H15N3O2/c1-2-19-13(18)14(8-9-14)12-16-15-10-17(12)11-6-4-3-5-7-11/h3-7,10H,2,8-9H2,1H3. The van der Waals surface area contributed by atoms with Gasteiger partial charge < -0.3 is 4.74 Å². The van der Waals surface area contributed by atoms with E-state index in [1.54, 1.807) is 6.33 Å². The molecule has 98 valence electrons. The van der Waals surface area contributed by atoms with Crippen LogP contribution in [0.1, 0.15) is 25.6 Å². The zero-order valence-corrected chi connectivity index (χ0v) is 10.7. The molecule has 3 rings (SSSR count). The van der Waals surface area contributed by atoms with Crippen LogP contribution in [0.5, 0.6) is 0 Å². The number of ether oxygens (including phenoxy) is 1. The maximum absolute atomic E-state index is 12.1. The first-order valence-electron chi connectivity index (χ1n) is 6.41. The van der Waals surface area contributed by atoms with Crippen LogP contribution in [0, 0.1) is 0 Å². The predicted octanol–water partition coefficient (Wildman–Crippen LogP) is 1.86. The number of hydrogen-bond acceptors (Lipinski definition) is 4. The van der Waals surface area contributed by atoms with Crippen molar-refractivity contribution in [2.45, 2.75) is 25.2 Å². The Bertz CT molecular complexity index is 588. The molecule has 1 aliphatic carbocycles. The highest BCUT2D eigenvalue weighted by atomic mass is 16.5. The molecule has 5 nitrogen and oxygen atoms in total. The molecule has 0 spiro atoms. The monoisotopic (exact) mass is 257 g/mol. The molecular formula is C14H15N3O2. The second kappa shape index (κ2) is 4.50. The van der Waals surface area contributed by atoms with Gasteiger partial charge in [0, 0.05) is 5.69 Å². The van der Waals surface area contributed by atoms with E-state index in [1.165, 1.54) is 0 Å². The van der Waals surface area contributed by atoms with Crippen molar-refractivity contribution in [3.63, 3.8) is 0 Å². The third-order valence-corrected chi connectivity index (χ3v) is 3.43. The van der Waals surface area contributed by atoms with E-state index in [9.17, 15) is 4.79 Å². The summed E-state index contributed by atoms with van der Waals surface area (Å²) in [5, 5.41) is 8.09. The summed E-state index contributed by atoms with van der Waals surface area (Å²) in [6, 6.07) is 9.78. The van der Waals surface area contributed by atoms with Crippen LogP contribution in [0.3, 0.4) is 0 Å². The van der Waals surface area contributed by atoms with Crippen LogP contribution < -0.4 is 0 Å². The minimum absolute atomic E-state index is 0.194. The summed E-state index contributed by atoms with van der Waals surface area (Å²) >= 11 is 0. The topological polar surface area (TPSA) is 57.0 Å². The molecule has 0 N–H and O–H groups in total. The molecule has 0 amide bonds.